The molecule has 0 spiro atoms. The zero-order valence-electron chi connectivity index (χ0n) is 28.1. The molecule has 0 amide bonds. The van der Waals surface area contributed by atoms with E-state index in [2.05, 4.69) is 0 Å². The Morgan fingerprint density at radius 2 is 1.59 bits per heavy atom. The van der Waals surface area contributed by atoms with Crippen molar-refractivity contribution < 1.29 is 53.4 Å². The first-order valence-corrected chi connectivity index (χ1v) is 16.4. The number of Topliss-reactive ketones (excluding diaryl/α,β-unsaturated/α-hetero) is 1. The predicted octanol–water partition coefficient (Wildman–Crippen LogP) is 3.35. The third-order valence-electron chi connectivity index (χ3n) is 11.4. The third kappa shape index (κ3) is 5.34. The lowest BCUT2D eigenvalue weighted by Gasteiger charge is -2.67. The summed E-state index contributed by atoms with van der Waals surface area (Å²) in [6, 6.07) is 17.1. The van der Waals surface area contributed by atoms with Crippen LogP contribution in [-0.2, 0) is 33.3 Å². The largest absolute Gasteiger partial charge is 0.455 e. The van der Waals surface area contributed by atoms with E-state index in [0.29, 0.717) is 5.57 Å². The molecule has 49 heavy (non-hydrogen) atoms. The molecule has 1 aliphatic heterocycles. The van der Waals surface area contributed by atoms with Crippen molar-refractivity contribution in [2.24, 2.45) is 16.7 Å². The first kappa shape index (κ1) is 34.7. The Morgan fingerprint density at radius 1 is 0.959 bits per heavy atom. The number of ether oxygens (including phenoxy) is 4. The molecule has 1 saturated heterocycles. The fourth-order valence-electron chi connectivity index (χ4n) is 8.68. The summed E-state index contributed by atoms with van der Waals surface area (Å²) in [5.74, 6) is -4.51. The van der Waals surface area contributed by atoms with Gasteiger partial charge in [0.15, 0.2) is 11.4 Å². The van der Waals surface area contributed by atoms with Gasteiger partial charge in [0.05, 0.1) is 29.6 Å². The van der Waals surface area contributed by atoms with Crippen LogP contribution in [-0.4, -0.2) is 87.3 Å². The zero-order chi connectivity index (χ0) is 35.5. The molecule has 2 aromatic carbocycles. The lowest BCUT2D eigenvalue weighted by Crippen LogP contribution is -2.81. The summed E-state index contributed by atoms with van der Waals surface area (Å²) in [5, 5.41) is 36.9. The van der Waals surface area contributed by atoms with Crippen LogP contribution < -0.4 is 0 Å². The second kappa shape index (κ2) is 12.3. The Labute approximate surface area is 284 Å². The maximum absolute atomic E-state index is 14.7. The highest BCUT2D eigenvalue weighted by Crippen LogP contribution is 2.64. The molecule has 2 bridgehead atoms. The predicted molar refractivity (Wildman–Crippen MR) is 175 cm³/mol. The summed E-state index contributed by atoms with van der Waals surface area (Å²) < 4.78 is 24.0. The highest BCUT2D eigenvalue weighted by Gasteiger charge is 2.78. The molecule has 2 saturated carbocycles. The van der Waals surface area contributed by atoms with E-state index in [9.17, 15) is 34.5 Å². The molecular formula is C38H42O11. The maximum atomic E-state index is 14.7. The minimum Gasteiger partial charge on any atom is -0.455 e. The Kier molecular flexibility index (Phi) is 8.72. The van der Waals surface area contributed by atoms with E-state index in [-0.39, 0.29) is 30.6 Å². The zero-order valence-corrected chi connectivity index (χ0v) is 28.1. The quantitative estimate of drug-likeness (QED) is 0.178. The van der Waals surface area contributed by atoms with Crippen LogP contribution in [0.1, 0.15) is 63.4 Å². The highest BCUT2D eigenvalue weighted by atomic mass is 16.6. The molecule has 0 radical (unpaired) electrons. The SMILES string of the molecule is CC(=O)O[C@@]12COC1C[C@H](O)[C@@]1(C)C(=O)[C@H](O)C3=C(C)[C@@H](OC(=O)/C=C/c4ccccc4)C[C@@](O)([C@@H](OC(=O)c4ccccc4)[C@@H]12)C3(C)C. The summed E-state index contributed by atoms with van der Waals surface area (Å²) in [6.45, 7) is 7.28. The number of esters is 3. The molecular weight excluding hydrogens is 632 g/mol. The first-order valence-electron chi connectivity index (χ1n) is 16.4. The fourth-order valence-corrected chi connectivity index (χ4v) is 8.68. The normalized spacial score (nSPS) is 36.4. The number of ketones is 1. The van der Waals surface area contributed by atoms with Gasteiger partial charge in [0.25, 0.3) is 0 Å². The van der Waals surface area contributed by atoms with E-state index in [1.807, 2.05) is 18.2 Å². The van der Waals surface area contributed by atoms with Crippen LogP contribution in [0.4, 0.5) is 0 Å². The van der Waals surface area contributed by atoms with Crippen LogP contribution in [0, 0.1) is 16.7 Å². The van der Waals surface area contributed by atoms with E-state index < -0.39 is 82.2 Å². The number of aliphatic hydroxyl groups is 3. The summed E-state index contributed by atoms with van der Waals surface area (Å²) in [4.78, 5) is 54.6. The molecule has 3 fully saturated rings. The van der Waals surface area contributed by atoms with Crippen LogP contribution >= 0.6 is 0 Å². The molecule has 2 aromatic rings. The minimum atomic E-state index is -2.17. The lowest BCUT2D eigenvalue weighted by molar-refractivity contribution is -0.345. The number of hydrogen-bond acceptors (Lipinski definition) is 11. The molecule has 4 aliphatic rings. The van der Waals surface area contributed by atoms with Crippen LogP contribution in [0.2, 0.25) is 0 Å². The van der Waals surface area contributed by atoms with Crippen molar-refractivity contribution in [3.63, 3.8) is 0 Å². The summed E-state index contributed by atoms with van der Waals surface area (Å²) in [5.41, 5.74) is -5.86. The van der Waals surface area contributed by atoms with E-state index >= 15 is 0 Å². The monoisotopic (exact) mass is 674 g/mol. The number of fused-ring (bicyclic) bond motifs is 5. The molecule has 3 N–H and O–H groups in total. The van der Waals surface area contributed by atoms with Crippen molar-refractivity contribution in [3.8, 4) is 0 Å². The molecule has 6 rings (SSSR count). The van der Waals surface area contributed by atoms with Crippen molar-refractivity contribution in [1.82, 2.24) is 0 Å². The van der Waals surface area contributed by atoms with E-state index in [0.717, 1.165) is 5.56 Å². The van der Waals surface area contributed by atoms with Crippen molar-refractivity contribution in [1.29, 1.82) is 0 Å². The van der Waals surface area contributed by atoms with Gasteiger partial charge in [-0.15, -0.1) is 0 Å². The number of carbonyl (C=O) groups excluding carboxylic acids is 4. The van der Waals surface area contributed by atoms with Crippen molar-refractivity contribution >= 4 is 29.8 Å². The third-order valence-corrected chi connectivity index (χ3v) is 11.4. The van der Waals surface area contributed by atoms with E-state index in [4.69, 9.17) is 18.9 Å². The molecule has 11 nitrogen and oxygen atoms in total. The lowest BCUT2D eigenvalue weighted by atomic mass is 9.44. The average molecular weight is 675 g/mol. The summed E-state index contributed by atoms with van der Waals surface area (Å²) in [6.07, 6.45) is -4.68. The Morgan fingerprint density at radius 3 is 2.18 bits per heavy atom. The van der Waals surface area contributed by atoms with Gasteiger partial charge in [-0.2, -0.15) is 0 Å². The standard InChI is InChI=1S/C38H42O11/c1-21-25(47-28(41)17-16-23-12-8-6-9-13-23)19-38(45)33(48-34(44)24-14-10-7-11-15-24)31-36(5,32(43)30(42)29(21)35(38,3)4)26(40)18-27-37(31,20-46-27)49-22(2)39/h6-17,25-27,30-31,33,40,42,45H,18-20H2,1-5H3/b17-16+/t25-,26-,27?,30+,31-,33-,36+,37-,38+/m0/s1. The van der Waals surface area contributed by atoms with Gasteiger partial charge in [-0.3, -0.25) is 9.59 Å². The Hall–Kier alpha value is -4.16. The number of benzene rings is 2. The van der Waals surface area contributed by atoms with Gasteiger partial charge < -0.3 is 34.3 Å². The van der Waals surface area contributed by atoms with E-state index in [1.165, 1.54) is 32.1 Å². The number of hydrogen-bond donors (Lipinski definition) is 3. The second-order valence-corrected chi connectivity index (χ2v) is 14.3. The smallest absolute Gasteiger partial charge is 0.338 e. The van der Waals surface area contributed by atoms with Gasteiger partial charge in [0, 0.05) is 31.3 Å². The molecule has 9 atom stereocenters. The second-order valence-electron chi connectivity index (χ2n) is 14.3. The van der Waals surface area contributed by atoms with Gasteiger partial charge in [0.1, 0.15) is 30.0 Å². The van der Waals surface area contributed by atoms with Crippen LogP contribution in [0.25, 0.3) is 6.08 Å². The Bertz CT molecular complexity index is 1720. The fraction of sp³-hybridized carbons (Fsp3) is 0.474. The van der Waals surface area contributed by atoms with E-state index in [1.54, 1.807) is 57.2 Å². The van der Waals surface area contributed by atoms with Crippen LogP contribution in [0.15, 0.2) is 77.9 Å². The molecule has 3 aliphatic carbocycles. The minimum absolute atomic E-state index is 0.0808. The molecule has 0 aromatic heterocycles. The van der Waals surface area contributed by atoms with Gasteiger partial charge in [0.2, 0.25) is 0 Å². The van der Waals surface area contributed by atoms with Crippen molar-refractivity contribution in [2.75, 3.05) is 6.61 Å². The van der Waals surface area contributed by atoms with Gasteiger partial charge >= 0.3 is 17.9 Å². The average Bonchev–Trinajstić information content (AvgIpc) is 3.06. The molecule has 260 valence electrons. The highest BCUT2D eigenvalue weighted by molar-refractivity contribution is 5.94. The van der Waals surface area contributed by atoms with Gasteiger partial charge in [-0.25, -0.2) is 9.59 Å². The maximum Gasteiger partial charge on any atom is 0.338 e. The first-order chi connectivity index (χ1) is 23.1. The van der Waals surface area contributed by atoms with Crippen molar-refractivity contribution in [2.45, 2.75) is 89.2 Å². The summed E-state index contributed by atoms with van der Waals surface area (Å²) in [7, 11) is 0. The summed E-state index contributed by atoms with van der Waals surface area (Å²) >= 11 is 0. The van der Waals surface area contributed by atoms with Crippen LogP contribution in [0.3, 0.4) is 0 Å². The number of aliphatic hydroxyl groups excluding tert-OH is 2. The molecule has 1 unspecified atom stereocenters. The number of carbonyl (C=O) groups is 4. The van der Waals surface area contributed by atoms with Gasteiger partial charge in [-0.1, -0.05) is 62.4 Å². The number of rotatable bonds is 6. The Balaban J connectivity index is 1.54. The van der Waals surface area contributed by atoms with Crippen molar-refractivity contribution in [3.05, 3.63) is 89.0 Å². The topological polar surface area (TPSA) is 166 Å². The van der Waals surface area contributed by atoms with Crippen LogP contribution in [0.5, 0.6) is 0 Å². The molecule has 1 heterocycles. The molecule has 11 heteroatoms. The van der Waals surface area contributed by atoms with Gasteiger partial charge in [-0.05, 0) is 48.8 Å².